The summed E-state index contributed by atoms with van der Waals surface area (Å²) < 4.78 is 0. The molecule has 1 amide bonds. The van der Waals surface area contributed by atoms with E-state index in [4.69, 9.17) is 28.9 Å². The molecule has 0 bridgehead atoms. The summed E-state index contributed by atoms with van der Waals surface area (Å²) in [4.78, 5) is 32.1. The predicted molar refractivity (Wildman–Crippen MR) is 110 cm³/mol. The molecule has 0 atom stereocenters. The summed E-state index contributed by atoms with van der Waals surface area (Å²) in [6.07, 6.45) is 3.25. The molecule has 0 saturated carbocycles. The largest absolute Gasteiger partial charge is 0.368 e. The molecule has 2 aromatic heterocycles. The van der Waals surface area contributed by atoms with E-state index in [1.807, 2.05) is 0 Å². The van der Waals surface area contributed by atoms with Crippen LogP contribution in [-0.2, 0) is 4.79 Å². The van der Waals surface area contributed by atoms with E-state index in [9.17, 15) is 4.79 Å². The molecule has 0 aliphatic heterocycles. The molecular weight excluding hydrogens is 421 g/mol. The Labute approximate surface area is 175 Å². The standard InChI is InChI=1S/C17H15Cl2N7OS/c1-9(27)21-5-6-28-17-25-15(24-16(20)26-17)11-7-10(12(18)8-13(11)19)14-22-3-2-4-23-14/h2-4,7-8H,5-6H2,1H3,(H,21,27)(H2,20,24,25,26). The second-order valence-corrected chi connectivity index (χ2v) is 7.39. The van der Waals surface area contributed by atoms with Crippen LogP contribution in [0.2, 0.25) is 10.0 Å². The van der Waals surface area contributed by atoms with Crippen LogP contribution < -0.4 is 11.1 Å². The van der Waals surface area contributed by atoms with E-state index in [2.05, 4.69) is 30.2 Å². The number of hydrogen-bond acceptors (Lipinski definition) is 8. The number of rotatable bonds is 6. The lowest BCUT2D eigenvalue weighted by atomic mass is 10.1. The number of hydrogen-bond donors (Lipinski definition) is 2. The lowest BCUT2D eigenvalue weighted by Gasteiger charge is -2.10. The quantitative estimate of drug-likeness (QED) is 0.447. The van der Waals surface area contributed by atoms with Crippen LogP contribution in [0.5, 0.6) is 0 Å². The van der Waals surface area contributed by atoms with Gasteiger partial charge in [0.2, 0.25) is 11.9 Å². The number of nitrogens with one attached hydrogen (secondary N) is 1. The van der Waals surface area contributed by atoms with Gasteiger partial charge in [0.05, 0.1) is 10.0 Å². The molecule has 3 aromatic rings. The number of anilines is 1. The number of thioether (sulfide) groups is 1. The van der Waals surface area contributed by atoms with Gasteiger partial charge in [0, 0.05) is 42.7 Å². The van der Waals surface area contributed by atoms with E-state index in [1.165, 1.54) is 18.7 Å². The number of carbonyl (C=O) groups excluding carboxylic acids is 1. The Hall–Kier alpha value is -2.49. The number of nitrogens with zero attached hydrogens (tertiary/aromatic N) is 5. The van der Waals surface area contributed by atoms with E-state index < -0.39 is 0 Å². The van der Waals surface area contributed by atoms with E-state index in [1.54, 1.807) is 30.6 Å². The fourth-order valence-electron chi connectivity index (χ4n) is 2.26. The second kappa shape index (κ2) is 9.13. The molecule has 0 spiro atoms. The van der Waals surface area contributed by atoms with Crippen LogP contribution in [0.15, 0.2) is 35.7 Å². The predicted octanol–water partition coefficient (Wildman–Crippen LogP) is 3.11. The van der Waals surface area contributed by atoms with Gasteiger partial charge in [-0.25, -0.2) is 15.0 Å². The van der Waals surface area contributed by atoms with Gasteiger partial charge in [-0.05, 0) is 18.2 Å². The third kappa shape index (κ3) is 5.06. The highest BCUT2D eigenvalue weighted by atomic mass is 35.5. The van der Waals surface area contributed by atoms with Crippen LogP contribution in [0.3, 0.4) is 0 Å². The molecule has 0 saturated heterocycles. The van der Waals surface area contributed by atoms with E-state index in [0.717, 1.165) is 0 Å². The fraction of sp³-hybridized carbons (Fsp3) is 0.176. The summed E-state index contributed by atoms with van der Waals surface area (Å²) in [5.74, 6) is 1.32. The minimum Gasteiger partial charge on any atom is -0.368 e. The Morgan fingerprint density at radius 3 is 2.43 bits per heavy atom. The van der Waals surface area contributed by atoms with Crippen LogP contribution in [-0.4, -0.2) is 43.1 Å². The number of aromatic nitrogens is 5. The summed E-state index contributed by atoms with van der Waals surface area (Å²) in [5.41, 5.74) is 6.97. The van der Waals surface area contributed by atoms with Crippen molar-refractivity contribution in [2.24, 2.45) is 0 Å². The topological polar surface area (TPSA) is 120 Å². The Bertz CT molecular complexity index is 1000. The summed E-state index contributed by atoms with van der Waals surface area (Å²) >= 11 is 14.0. The molecule has 8 nitrogen and oxygen atoms in total. The number of halogens is 2. The van der Waals surface area contributed by atoms with E-state index in [0.29, 0.717) is 50.3 Å². The Morgan fingerprint density at radius 1 is 1.07 bits per heavy atom. The average Bonchev–Trinajstić information content (AvgIpc) is 2.65. The van der Waals surface area contributed by atoms with Crippen molar-refractivity contribution in [1.29, 1.82) is 0 Å². The smallest absolute Gasteiger partial charge is 0.224 e. The summed E-state index contributed by atoms with van der Waals surface area (Å²) in [6, 6.07) is 5.03. The van der Waals surface area contributed by atoms with Crippen LogP contribution in [0.25, 0.3) is 22.8 Å². The first-order valence-electron chi connectivity index (χ1n) is 8.09. The van der Waals surface area contributed by atoms with Gasteiger partial charge in [-0.15, -0.1) is 0 Å². The van der Waals surface area contributed by atoms with Crippen molar-refractivity contribution >= 4 is 46.8 Å². The van der Waals surface area contributed by atoms with Gasteiger partial charge in [-0.1, -0.05) is 35.0 Å². The van der Waals surface area contributed by atoms with E-state index in [-0.39, 0.29) is 11.9 Å². The van der Waals surface area contributed by atoms with Gasteiger partial charge in [-0.2, -0.15) is 9.97 Å². The molecule has 0 fully saturated rings. The zero-order valence-corrected chi connectivity index (χ0v) is 17.0. The Kier molecular flexibility index (Phi) is 6.61. The van der Waals surface area contributed by atoms with Crippen LogP contribution in [0.4, 0.5) is 5.95 Å². The van der Waals surface area contributed by atoms with Gasteiger partial charge < -0.3 is 11.1 Å². The van der Waals surface area contributed by atoms with Gasteiger partial charge in [-0.3, -0.25) is 4.79 Å². The first-order chi connectivity index (χ1) is 13.4. The third-order valence-corrected chi connectivity index (χ3v) is 4.92. The number of amides is 1. The lowest BCUT2D eigenvalue weighted by Crippen LogP contribution is -2.22. The van der Waals surface area contributed by atoms with Crippen LogP contribution >= 0.6 is 35.0 Å². The molecule has 11 heteroatoms. The molecule has 3 N–H and O–H groups in total. The molecule has 1 aromatic carbocycles. The molecule has 2 heterocycles. The van der Waals surface area contributed by atoms with Crippen LogP contribution in [0.1, 0.15) is 6.92 Å². The summed E-state index contributed by atoms with van der Waals surface area (Å²) in [5, 5.41) is 3.91. The second-order valence-electron chi connectivity index (χ2n) is 5.52. The maximum absolute atomic E-state index is 10.9. The molecular formula is C17H15Cl2N7OS. The Morgan fingerprint density at radius 2 is 1.75 bits per heavy atom. The summed E-state index contributed by atoms with van der Waals surface area (Å²) in [6.45, 7) is 1.94. The van der Waals surface area contributed by atoms with Gasteiger partial charge in [0.25, 0.3) is 0 Å². The van der Waals surface area contributed by atoms with Crippen molar-refractivity contribution in [3.63, 3.8) is 0 Å². The molecule has 0 radical (unpaired) electrons. The highest BCUT2D eigenvalue weighted by Gasteiger charge is 2.16. The van der Waals surface area contributed by atoms with Crippen molar-refractivity contribution < 1.29 is 4.79 Å². The minimum absolute atomic E-state index is 0.0653. The molecule has 28 heavy (non-hydrogen) atoms. The first-order valence-corrected chi connectivity index (χ1v) is 9.84. The van der Waals surface area contributed by atoms with Crippen molar-refractivity contribution in [2.45, 2.75) is 12.1 Å². The maximum atomic E-state index is 10.9. The van der Waals surface area contributed by atoms with Gasteiger partial charge >= 0.3 is 0 Å². The Balaban J connectivity index is 1.93. The lowest BCUT2D eigenvalue weighted by molar-refractivity contribution is -0.118. The van der Waals surface area contributed by atoms with Crippen molar-refractivity contribution in [3.8, 4) is 22.8 Å². The normalized spacial score (nSPS) is 10.7. The van der Waals surface area contributed by atoms with Crippen LogP contribution in [0, 0.1) is 0 Å². The minimum atomic E-state index is -0.0972. The van der Waals surface area contributed by atoms with E-state index >= 15 is 0 Å². The number of nitrogen functional groups attached to an aromatic ring is 1. The first kappa shape index (κ1) is 20.2. The highest BCUT2D eigenvalue weighted by Crippen LogP contribution is 2.35. The third-order valence-electron chi connectivity index (χ3n) is 3.44. The SMILES string of the molecule is CC(=O)NCCSc1nc(N)nc(-c2cc(-c3ncccn3)c(Cl)cc2Cl)n1. The summed E-state index contributed by atoms with van der Waals surface area (Å²) in [7, 11) is 0. The fourth-order valence-corrected chi connectivity index (χ4v) is 3.50. The zero-order chi connectivity index (χ0) is 20.1. The van der Waals surface area contributed by atoms with Gasteiger partial charge in [0.1, 0.15) is 0 Å². The number of nitrogens with two attached hydrogens (primary N) is 1. The molecule has 0 unspecified atom stereocenters. The molecule has 3 rings (SSSR count). The highest BCUT2D eigenvalue weighted by molar-refractivity contribution is 7.99. The van der Waals surface area contributed by atoms with Crippen molar-refractivity contribution in [1.82, 2.24) is 30.2 Å². The number of benzene rings is 1. The monoisotopic (exact) mass is 435 g/mol. The molecule has 0 aliphatic carbocycles. The zero-order valence-electron chi connectivity index (χ0n) is 14.7. The maximum Gasteiger partial charge on any atom is 0.224 e. The number of carbonyl (C=O) groups is 1. The average molecular weight is 436 g/mol. The van der Waals surface area contributed by atoms with Crippen molar-refractivity contribution in [3.05, 3.63) is 40.6 Å². The molecule has 0 aliphatic rings. The molecule has 144 valence electrons. The van der Waals surface area contributed by atoms with Gasteiger partial charge in [0.15, 0.2) is 16.8 Å². The van der Waals surface area contributed by atoms with Crippen molar-refractivity contribution in [2.75, 3.05) is 18.0 Å².